The number of carbonyl (C=O) groups excluding carboxylic acids is 1. The van der Waals surface area contributed by atoms with E-state index < -0.39 is 0 Å². The van der Waals surface area contributed by atoms with Crippen molar-refractivity contribution in [2.24, 2.45) is 5.92 Å². The molecule has 0 radical (unpaired) electrons. The number of aryl methyl sites for hydroxylation is 1. The molecule has 1 saturated carbocycles. The summed E-state index contributed by atoms with van der Waals surface area (Å²) in [6, 6.07) is 7.47. The number of aromatic nitrogens is 2. The Morgan fingerprint density at radius 3 is 2.55 bits per heavy atom. The van der Waals surface area contributed by atoms with Gasteiger partial charge in [-0.3, -0.25) is 9.59 Å². The van der Waals surface area contributed by atoms with Gasteiger partial charge in [-0.1, -0.05) is 37.5 Å². The molecule has 0 N–H and O–H groups in total. The van der Waals surface area contributed by atoms with E-state index in [2.05, 4.69) is 10.00 Å². The fourth-order valence-corrected chi connectivity index (χ4v) is 4.88. The van der Waals surface area contributed by atoms with Crippen LogP contribution in [0.5, 0.6) is 0 Å². The summed E-state index contributed by atoms with van der Waals surface area (Å²) in [4.78, 5) is 30.1. The summed E-state index contributed by atoms with van der Waals surface area (Å²) in [6.45, 7) is 6.58. The van der Waals surface area contributed by atoms with Crippen LogP contribution in [0, 0.1) is 12.8 Å². The first-order valence-electron chi connectivity index (χ1n) is 11.1. The Hall–Kier alpha value is -2.21. The molecule has 29 heavy (non-hydrogen) atoms. The summed E-state index contributed by atoms with van der Waals surface area (Å²) in [6.07, 6.45) is 7.84. The average molecular weight is 397 g/mol. The van der Waals surface area contributed by atoms with E-state index in [9.17, 15) is 9.59 Å². The van der Waals surface area contributed by atoms with E-state index in [-0.39, 0.29) is 18.0 Å². The minimum absolute atomic E-state index is 0.00574. The van der Waals surface area contributed by atoms with Crippen molar-refractivity contribution in [3.05, 3.63) is 40.3 Å². The summed E-state index contributed by atoms with van der Waals surface area (Å²) in [5, 5.41) is 5.88. The lowest BCUT2D eigenvalue weighted by atomic mass is 9.89. The molecule has 1 saturated heterocycles. The van der Waals surface area contributed by atoms with Gasteiger partial charge >= 0.3 is 0 Å². The predicted molar refractivity (Wildman–Crippen MR) is 115 cm³/mol. The summed E-state index contributed by atoms with van der Waals surface area (Å²) in [5.41, 5.74) is 0.593. The first-order valence-corrected chi connectivity index (χ1v) is 11.1. The second kappa shape index (κ2) is 9.08. The van der Waals surface area contributed by atoms with Gasteiger partial charge in [0.2, 0.25) is 5.91 Å². The highest BCUT2D eigenvalue weighted by atomic mass is 16.2. The molecule has 1 amide bonds. The van der Waals surface area contributed by atoms with Crippen molar-refractivity contribution in [3.8, 4) is 0 Å². The van der Waals surface area contributed by atoms with E-state index >= 15 is 0 Å². The van der Waals surface area contributed by atoms with Gasteiger partial charge < -0.3 is 9.80 Å². The van der Waals surface area contributed by atoms with Crippen molar-refractivity contribution in [2.45, 2.75) is 52.0 Å². The largest absolute Gasteiger partial charge is 0.340 e. The smallest absolute Gasteiger partial charge is 0.275 e. The Kier molecular flexibility index (Phi) is 6.28. The Labute approximate surface area is 172 Å². The average Bonchev–Trinajstić information content (AvgIpc) is 2.98. The summed E-state index contributed by atoms with van der Waals surface area (Å²) in [7, 11) is 0. The molecule has 0 unspecified atom stereocenters. The summed E-state index contributed by atoms with van der Waals surface area (Å²) < 4.78 is 1.34. The molecule has 0 atom stereocenters. The summed E-state index contributed by atoms with van der Waals surface area (Å²) >= 11 is 0. The van der Waals surface area contributed by atoms with Gasteiger partial charge in [-0.15, -0.1) is 0 Å². The van der Waals surface area contributed by atoms with Crippen LogP contribution in [0.2, 0.25) is 0 Å². The molecule has 156 valence electrons. The van der Waals surface area contributed by atoms with Crippen molar-refractivity contribution in [1.29, 1.82) is 0 Å². The van der Waals surface area contributed by atoms with Crippen LogP contribution in [0.25, 0.3) is 10.8 Å². The monoisotopic (exact) mass is 396 g/mol. The zero-order valence-corrected chi connectivity index (χ0v) is 17.5. The number of amides is 1. The molecule has 4 rings (SSSR count). The molecule has 2 fully saturated rings. The molecule has 0 spiro atoms. The van der Waals surface area contributed by atoms with Gasteiger partial charge in [-0.05, 0) is 44.7 Å². The van der Waals surface area contributed by atoms with E-state index in [1.165, 1.54) is 43.3 Å². The number of fused-ring (bicyclic) bond motifs is 1. The number of benzene rings is 1. The molecular weight excluding hydrogens is 364 g/mol. The van der Waals surface area contributed by atoms with Crippen molar-refractivity contribution < 1.29 is 4.79 Å². The molecule has 2 aromatic rings. The molecule has 1 aliphatic carbocycles. The summed E-state index contributed by atoms with van der Waals surface area (Å²) in [5.74, 6) is 0.822. The Bertz CT molecular complexity index is 917. The maximum Gasteiger partial charge on any atom is 0.275 e. The van der Waals surface area contributed by atoms with Gasteiger partial charge in [0.25, 0.3) is 5.56 Å². The number of rotatable bonds is 4. The zero-order chi connectivity index (χ0) is 20.2. The lowest BCUT2D eigenvalue weighted by Crippen LogP contribution is -2.40. The minimum Gasteiger partial charge on any atom is -0.340 e. The molecule has 1 aromatic carbocycles. The van der Waals surface area contributed by atoms with E-state index in [0.29, 0.717) is 5.39 Å². The highest BCUT2D eigenvalue weighted by Gasteiger charge is 2.23. The van der Waals surface area contributed by atoms with Gasteiger partial charge in [0.15, 0.2) is 0 Å². The number of hydrogen-bond donors (Lipinski definition) is 0. The standard InChI is InChI=1S/C23H32N4O2/c1-18-20-10-5-6-11-21(20)23(29)27(24-18)17-22(28)26-13-7-12-25(14-15-26)16-19-8-3-2-4-9-19/h5-6,10-11,19H,2-4,7-9,12-17H2,1H3. The zero-order valence-electron chi connectivity index (χ0n) is 17.5. The van der Waals surface area contributed by atoms with E-state index in [0.717, 1.165) is 49.6 Å². The maximum absolute atomic E-state index is 12.9. The van der Waals surface area contributed by atoms with Crippen LogP contribution in [0.3, 0.4) is 0 Å². The van der Waals surface area contributed by atoms with Gasteiger partial charge in [0.05, 0.1) is 11.1 Å². The van der Waals surface area contributed by atoms with Crippen molar-refractivity contribution in [1.82, 2.24) is 19.6 Å². The van der Waals surface area contributed by atoms with Gasteiger partial charge in [-0.2, -0.15) is 5.10 Å². The van der Waals surface area contributed by atoms with Crippen LogP contribution in [-0.4, -0.2) is 58.2 Å². The van der Waals surface area contributed by atoms with Gasteiger partial charge in [-0.25, -0.2) is 4.68 Å². The SMILES string of the molecule is Cc1nn(CC(=O)N2CCCN(CC3CCCCC3)CC2)c(=O)c2ccccc12. The highest BCUT2D eigenvalue weighted by molar-refractivity contribution is 5.83. The third-order valence-corrected chi connectivity index (χ3v) is 6.52. The van der Waals surface area contributed by atoms with Gasteiger partial charge in [0.1, 0.15) is 6.54 Å². The molecule has 2 heterocycles. The maximum atomic E-state index is 12.9. The minimum atomic E-state index is -0.187. The van der Waals surface area contributed by atoms with Crippen molar-refractivity contribution in [2.75, 3.05) is 32.7 Å². The Morgan fingerprint density at radius 2 is 1.76 bits per heavy atom. The molecule has 1 aromatic heterocycles. The predicted octanol–water partition coefficient (Wildman–Crippen LogP) is 2.82. The molecule has 6 heteroatoms. The van der Waals surface area contributed by atoms with Crippen LogP contribution in [0.1, 0.15) is 44.2 Å². The highest BCUT2D eigenvalue weighted by Crippen LogP contribution is 2.24. The van der Waals surface area contributed by atoms with Crippen molar-refractivity contribution >= 4 is 16.7 Å². The van der Waals surface area contributed by atoms with Gasteiger partial charge in [0, 0.05) is 31.6 Å². The normalized spacial score (nSPS) is 19.4. The van der Waals surface area contributed by atoms with Crippen LogP contribution in [-0.2, 0) is 11.3 Å². The third-order valence-electron chi connectivity index (χ3n) is 6.52. The molecule has 2 aliphatic rings. The number of nitrogens with zero attached hydrogens (tertiary/aromatic N) is 4. The van der Waals surface area contributed by atoms with E-state index in [1.807, 2.05) is 36.1 Å². The fraction of sp³-hybridized carbons (Fsp3) is 0.609. The van der Waals surface area contributed by atoms with Crippen LogP contribution in [0.15, 0.2) is 29.1 Å². The van der Waals surface area contributed by atoms with E-state index in [1.54, 1.807) is 0 Å². The molecular formula is C23H32N4O2. The third kappa shape index (κ3) is 4.69. The molecule has 1 aliphatic heterocycles. The fourth-order valence-electron chi connectivity index (χ4n) is 4.88. The quantitative estimate of drug-likeness (QED) is 0.797. The van der Waals surface area contributed by atoms with E-state index in [4.69, 9.17) is 0 Å². The van der Waals surface area contributed by atoms with Crippen LogP contribution < -0.4 is 5.56 Å². The Balaban J connectivity index is 1.39. The van der Waals surface area contributed by atoms with Crippen molar-refractivity contribution in [3.63, 3.8) is 0 Å². The first-order chi connectivity index (χ1) is 14.1. The number of hydrogen-bond acceptors (Lipinski definition) is 4. The van der Waals surface area contributed by atoms with Crippen LogP contribution >= 0.6 is 0 Å². The first kappa shape index (κ1) is 20.1. The number of carbonyl (C=O) groups is 1. The Morgan fingerprint density at radius 1 is 1.00 bits per heavy atom. The second-order valence-electron chi connectivity index (χ2n) is 8.63. The molecule has 6 nitrogen and oxygen atoms in total. The molecule has 0 bridgehead atoms. The topological polar surface area (TPSA) is 58.4 Å². The van der Waals surface area contributed by atoms with Crippen LogP contribution in [0.4, 0.5) is 0 Å². The second-order valence-corrected chi connectivity index (χ2v) is 8.63. The lowest BCUT2D eigenvalue weighted by molar-refractivity contribution is -0.132. The lowest BCUT2D eigenvalue weighted by Gasteiger charge is -2.28.